The minimum atomic E-state index is 0.336. The highest BCUT2D eigenvalue weighted by molar-refractivity contribution is 9.08. The maximum atomic E-state index is 5.20. The van der Waals surface area contributed by atoms with Crippen molar-refractivity contribution in [3.05, 3.63) is 23.9 Å². The molecule has 4 heteroatoms. The van der Waals surface area contributed by atoms with E-state index in [4.69, 9.17) is 4.74 Å². The van der Waals surface area contributed by atoms with Crippen LogP contribution in [-0.4, -0.2) is 31.3 Å². The lowest BCUT2D eigenvalue weighted by Crippen LogP contribution is -2.37. The molecule has 1 rings (SSSR count). The van der Waals surface area contributed by atoms with Crippen LogP contribution in [0.15, 0.2) is 18.3 Å². The molecule has 0 aromatic carbocycles. The van der Waals surface area contributed by atoms with Gasteiger partial charge >= 0.3 is 0 Å². The molecule has 0 spiro atoms. The molecule has 16 heavy (non-hydrogen) atoms. The van der Waals surface area contributed by atoms with Gasteiger partial charge in [0.15, 0.2) is 0 Å². The number of anilines is 1. The fourth-order valence-corrected chi connectivity index (χ4v) is 2.23. The molecule has 3 nitrogen and oxygen atoms in total. The fourth-order valence-electron chi connectivity index (χ4n) is 1.79. The summed E-state index contributed by atoms with van der Waals surface area (Å²) in [5, 5.41) is 0.826. The number of rotatable bonds is 6. The van der Waals surface area contributed by atoms with Gasteiger partial charge in [0.25, 0.3) is 0 Å². The molecule has 90 valence electrons. The summed E-state index contributed by atoms with van der Waals surface area (Å²) >= 11 is 3.50. The van der Waals surface area contributed by atoms with Gasteiger partial charge < -0.3 is 9.64 Å². The van der Waals surface area contributed by atoms with Crippen molar-refractivity contribution in [2.24, 2.45) is 0 Å². The summed E-state index contributed by atoms with van der Waals surface area (Å²) in [6.07, 6.45) is 1.84. The van der Waals surface area contributed by atoms with E-state index >= 15 is 0 Å². The number of alkyl halides is 1. The Kier molecular flexibility index (Phi) is 5.77. The minimum Gasteiger partial charge on any atom is -0.383 e. The molecular weight excluding hydrogens is 268 g/mol. The highest BCUT2D eigenvalue weighted by Gasteiger charge is 2.16. The Balaban J connectivity index is 2.93. The molecule has 1 aromatic heterocycles. The van der Waals surface area contributed by atoms with Crippen LogP contribution in [0.3, 0.4) is 0 Å². The molecule has 0 amide bonds. The Morgan fingerprint density at radius 2 is 2.31 bits per heavy atom. The van der Waals surface area contributed by atoms with Crippen LogP contribution in [-0.2, 0) is 10.1 Å². The third-order valence-electron chi connectivity index (χ3n) is 2.56. The largest absolute Gasteiger partial charge is 0.383 e. The van der Waals surface area contributed by atoms with Crippen molar-refractivity contribution in [2.45, 2.75) is 25.2 Å². The van der Waals surface area contributed by atoms with E-state index in [2.05, 4.69) is 45.7 Å². The monoisotopic (exact) mass is 286 g/mol. The second-order valence-electron chi connectivity index (χ2n) is 3.71. The van der Waals surface area contributed by atoms with Gasteiger partial charge in [-0.3, -0.25) is 0 Å². The average Bonchev–Trinajstić information content (AvgIpc) is 2.31. The Morgan fingerprint density at radius 1 is 1.56 bits per heavy atom. The third kappa shape index (κ3) is 3.19. The Morgan fingerprint density at radius 3 is 2.88 bits per heavy atom. The van der Waals surface area contributed by atoms with Gasteiger partial charge in [-0.15, -0.1) is 0 Å². The summed E-state index contributed by atoms with van der Waals surface area (Å²) in [7, 11) is 1.73. The summed E-state index contributed by atoms with van der Waals surface area (Å²) in [6.45, 7) is 5.94. The lowest BCUT2D eigenvalue weighted by Gasteiger charge is -2.30. The molecular formula is C12H19BrN2O. The third-order valence-corrected chi connectivity index (χ3v) is 3.17. The fraction of sp³-hybridized carbons (Fsp3) is 0.583. The lowest BCUT2D eigenvalue weighted by molar-refractivity contribution is 0.181. The molecule has 0 N–H and O–H groups in total. The molecule has 1 atom stereocenters. The summed E-state index contributed by atoms with van der Waals surface area (Å²) in [4.78, 5) is 6.73. The summed E-state index contributed by atoms with van der Waals surface area (Å²) in [5.41, 5.74) is 1.22. The molecule has 0 aliphatic heterocycles. The molecule has 0 fully saturated rings. The standard InChI is InChI=1S/C12H19BrN2O/c1-4-15(10(2)9-16-3)12-11(8-13)6-5-7-14-12/h5-7,10H,4,8-9H2,1-3H3. The van der Waals surface area contributed by atoms with Crippen molar-refractivity contribution in [3.8, 4) is 0 Å². The van der Waals surface area contributed by atoms with Crippen molar-refractivity contribution in [1.29, 1.82) is 0 Å². The predicted molar refractivity (Wildman–Crippen MR) is 71.2 cm³/mol. The smallest absolute Gasteiger partial charge is 0.132 e. The van der Waals surface area contributed by atoms with E-state index in [1.807, 2.05) is 12.3 Å². The zero-order chi connectivity index (χ0) is 12.0. The van der Waals surface area contributed by atoms with Gasteiger partial charge in [-0.05, 0) is 19.9 Å². The summed E-state index contributed by atoms with van der Waals surface area (Å²) in [5.74, 6) is 1.05. The predicted octanol–water partition coefficient (Wildman–Crippen LogP) is 2.84. The zero-order valence-electron chi connectivity index (χ0n) is 10.1. The molecule has 0 saturated carbocycles. The number of methoxy groups -OCH3 is 1. The molecule has 1 heterocycles. The number of hydrogen-bond donors (Lipinski definition) is 0. The van der Waals surface area contributed by atoms with E-state index in [1.165, 1.54) is 5.56 Å². The van der Waals surface area contributed by atoms with Crippen LogP contribution in [0.2, 0.25) is 0 Å². The van der Waals surface area contributed by atoms with Crippen molar-refractivity contribution >= 4 is 21.7 Å². The summed E-state index contributed by atoms with van der Waals surface area (Å²) < 4.78 is 5.20. The maximum Gasteiger partial charge on any atom is 0.132 e. The van der Waals surface area contributed by atoms with Crippen LogP contribution in [0, 0.1) is 0 Å². The molecule has 0 aliphatic rings. The summed E-state index contributed by atoms with van der Waals surface area (Å²) in [6, 6.07) is 4.40. The quantitative estimate of drug-likeness (QED) is 0.752. The van der Waals surface area contributed by atoms with Gasteiger partial charge in [0.2, 0.25) is 0 Å². The van der Waals surface area contributed by atoms with Crippen molar-refractivity contribution in [2.75, 3.05) is 25.2 Å². The SMILES string of the molecule is CCN(c1ncccc1CBr)C(C)COC. The van der Waals surface area contributed by atoms with Crippen molar-refractivity contribution in [1.82, 2.24) is 4.98 Å². The van der Waals surface area contributed by atoms with Crippen LogP contribution >= 0.6 is 15.9 Å². The molecule has 1 unspecified atom stereocenters. The highest BCUT2D eigenvalue weighted by Crippen LogP contribution is 2.21. The number of nitrogens with zero attached hydrogens (tertiary/aromatic N) is 2. The highest BCUT2D eigenvalue weighted by atomic mass is 79.9. The number of hydrogen-bond acceptors (Lipinski definition) is 3. The van der Waals surface area contributed by atoms with Crippen LogP contribution < -0.4 is 4.90 Å². The average molecular weight is 287 g/mol. The molecule has 0 saturated heterocycles. The van der Waals surface area contributed by atoms with E-state index < -0.39 is 0 Å². The van der Waals surface area contributed by atoms with Crippen LogP contribution in [0.1, 0.15) is 19.4 Å². The number of likely N-dealkylation sites (N-methyl/N-ethyl adjacent to an activating group) is 1. The first kappa shape index (κ1) is 13.5. The second-order valence-corrected chi connectivity index (χ2v) is 4.27. The van der Waals surface area contributed by atoms with Gasteiger partial charge in [0, 0.05) is 30.7 Å². The van der Waals surface area contributed by atoms with Crippen LogP contribution in [0.25, 0.3) is 0 Å². The van der Waals surface area contributed by atoms with Gasteiger partial charge in [-0.2, -0.15) is 0 Å². The van der Waals surface area contributed by atoms with Crippen LogP contribution in [0.5, 0.6) is 0 Å². The van der Waals surface area contributed by atoms with E-state index in [1.54, 1.807) is 7.11 Å². The van der Waals surface area contributed by atoms with Gasteiger partial charge in [-0.1, -0.05) is 22.0 Å². The van der Waals surface area contributed by atoms with Gasteiger partial charge in [0.1, 0.15) is 5.82 Å². The molecule has 0 aliphatic carbocycles. The number of ether oxygens (including phenoxy) is 1. The molecule has 0 radical (unpaired) electrons. The first-order chi connectivity index (χ1) is 7.74. The van der Waals surface area contributed by atoms with Crippen molar-refractivity contribution < 1.29 is 4.74 Å². The van der Waals surface area contributed by atoms with Crippen molar-refractivity contribution in [3.63, 3.8) is 0 Å². The van der Waals surface area contributed by atoms with Gasteiger partial charge in [-0.25, -0.2) is 4.98 Å². The number of aromatic nitrogens is 1. The Bertz CT molecular complexity index is 320. The zero-order valence-corrected chi connectivity index (χ0v) is 11.7. The maximum absolute atomic E-state index is 5.20. The minimum absolute atomic E-state index is 0.336. The number of pyridine rings is 1. The molecule has 1 aromatic rings. The Labute approximate surface area is 106 Å². The molecule has 0 bridgehead atoms. The van der Waals surface area contributed by atoms with E-state index in [0.717, 1.165) is 17.7 Å². The van der Waals surface area contributed by atoms with Gasteiger partial charge in [0.05, 0.1) is 12.6 Å². The van der Waals surface area contributed by atoms with E-state index in [9.17, 15) is 0 Å². The second kappa shape index (κ2) is 6.86. The first-order valence-electron chi connectivity index (χ1n) is 5.50. The first-order valence-corrected chi connectivity index (χ1v) is 6.62. The normalized spacial score (nSPS) is 12.5. The topological polar surface area (TPSA) is 25.4 Å². The van der Waals surface area contributed by atoms with Crippen LogP contribution in [0.4, 0.5) is 5.82 Å². The van der Waals surface area contributed by atoms with E-state index in [-0.39, 0.29) is 0 Å². The Hall–Kier alpha value is -0.610. The van der Waals surface area contributed by atoms with E-state index in [0.29, 0.717) is 12.6 Å². The number of halogens is 1. The lowest BCUT2D eigenvalue weighted by atomic mass is 10.2.